The van der Waals surface area contributed by atoms with Crippen LogP contribution < -0.4 is 0 Å². The van der Waals surface area contributed by atoms with E-state index >= 15 is 0 Å². The summed E-state index contributed by atoms with van der Waals surface area (Å²) in [6, 6.07) is 10.6. The zero-order valence-corrected chi connectivity index (χ0v) is 16.4. The van der Waals surface area contributed by atoms with Gasteiger partial charge in [-0.05, 0) is 46.2 Å². The van der Waals surface area contributed by atoms with E-state index in [9.17, 15) is 0 Å². The van der Waals surface area contributed by atoms with Crippen molar-refractivity contribution in [1.82, 2.24) is 29.9 Å². The van der Waals surface area contributed by atoms with Gasteiger partial charge in [-0.25, -0.2) is 0 Å². The third kappa shape index (κ3) is 2.59. The van der Waals surface area contributed by atoms with Gasteiger partial charge >= 0.3 is 0 Å². The summed E-state index contributed by atoms with van der Waals surface area (Å²) in [5, 5.41) is 18.5. The lowest BCUT2D eigenvalue weighted by molar-refractivity contribution is 0.768. The summed E-state index contributed by atoms with van der Waals surface area (Å²) in [7, 11) is 1.93. The molecule has 0 spiro atoms. The van der Waals surface area contributed by atoms with E-state index in [0.717, 1.165) is 49.9 Å². The summed E-state index contributed by atoms with van der Waals surface area (Å²) in [4.78, 5) is 7.92. The van der Waals surface area contributed by atoms with E-state index < -0.39 is 0 Å². The van der Waals surface area contributed by atoms with Gasteiger partial charge in [0.1, 0.15) is 5.69 Å². The van der Waals surface area contributed by atoms with Gasteiger partial charge in [0.25, 0.3) is 0 Å². The van der Waals surface area contributed by atoms with E-state index in [1.807, 2.05) is 36.5 Å². The maximum atomic E-state index is 4.60. The van der Waals surface area contributed by atoms with Crippen molar-refractivity contribution >= 4 is 33.1 Å². The molecule has 2 N–H and O–H groups in total. The van der Waals surface area contributed by atoms with Crippen molar-refractivity contribution < 1.29 is 0 Å². The third-order valence-corrected chi connectivity index (χ3v) is 5.92. The molecule has 6 rings (SSSR count). The number of aromatic nitrogens is 6. The molecule has 29 heavy (non-hydrogen) atoms. The Labute approximate surface area is 169 Å². The molecule has 0 amide bonds. The molecule has 6 aromatic rings. The third-order valence-electron chi connectivity index (χ3n) is 5.23. The smallest absolute Gasteiger partial charge is 0.116 e. The Hall–Kier alpha value is -3.71. The predicted molar refractivity (Wildman–Crippen MR) is 117 cm³/mol. The van der Waals surface area contributed by atoms with Crippen LogP contribution in [0.25, 0.3) is 55.4 Å². The first-order chi connectivity index (χ1) is 14.3. The molecule has 5 heterocycles. The Morgan fingerprint density at radius 1 is 0.931 bits per heavy atom. The normalized spacial score (nSPS) is 11.6. The van der Waals surface area contributed by atoms with Gasteiger partial charge < -0.3 is 4.98 Å². The number of pyridine rings is 1. The number of nitrogens with one attached hydrogen (secondary N) is 2. The average molecular weight is 396 g/mol. The van der Waals surface area contributed by atoms with Crippen LogP contribution in [0, 0.1) is 0 Å². The number of nitrogens with zero attached hydrogens (tertiary/aromatic N) is 4. The number of hydrogen-bond acceptors (Lipinski definition) is 4. The van der Waals surface area contributed by atoms with Crippen molar-refractivity contribution in [2.75, 3.05) is 0 Å². The van der Waals surface area contributed by atoms with Gasteiger partial charge in [-0.3, -0.25) is 14.8 Å². The highest BCUT2D eigenvalue weighted by Gasteiger charge is 2.15. The van der Waals surface area contributed by atoms with Crippen LogP contribution in [-0.2, 0) is 7.05 Å². The highest BCUT2D eigenvalue weighted by atomic mass is 32.1. The summed E-state index contributed by atoms with van der Waals surface area (Å²) in [6.07, 6.45) is 7.68. The largest absolute Gasteiger partial charge is 0.352 e. The average Bonchev–Trinajstić information content (AvgIpc) is 3.51. The first-order valence-electron chi connectivity index (χ1n) is 9.23. The molecule has 0 unspecified atom stereocenters. The maximum Gasteiger partial charge on any atom is 0.116 e. The van der Waals surface area contributed by atoms with Crippen LogP contribution in [0.2, 0.25) is 0 Å². The van der Waals surface area contributed by atoms with Crippen LogP contribution in [0.5, 0.6) is 0 Å². The Kier molecular flexibility index (Phi) is 3.45. The fourth-order valence-corrected chi connectivity index (χ4v) is 4.45. The number of aromatic amines is 2. The number of benzene rings is 1. The molecule has 0 aliphatic heterocycles. The van der Waals surface area contributed by atoms with Crippen LogP contribution in [0.3, 0.4) is 0 Å². The van der Waals surface area contributed by atoms with Gasteiger partial charge in [-0.15, -0.1) is 0 Å². The summed E-state index contributed by atoms with van der Waals surface area (Å²) < 4.78 is 1.81. The van der Waals surface area contributed by atoms with Crippen LogP contribution in [0.4, 0.5) is 0 Å². The lowest BCUT2D eigenvalue weighted by Crippen LogP contribution is -1.84. The minimum atomic E-state index is 0.901. The molecule has 1 aromatic carbocycles. The van der Waals surface area contributed by atoms with Crippen LogP contribution in [-0.4, -0.2) is 29.9 Å². The van der Waals surface area contributed by atoms with Gasteiger partial charge in [-0.2, -0.15) is 21.5 Å². The Morgan fingerprint density at radius 3 is 2.72 bits per heavy atom. The molecule has 0 atom stereocenters. The summed E-state index contributed by atoms with van der Waals surface area (Å²) in [5.41, 5.74) is 8.39. The zero-order valence-electron chi connectivity index (χ0n) is 15.5. The van der Waals surface area contributed by atoms with Crippen molar-refractivity contribution in [2.45, 2.75) is 0 Å². The second kappa shape index (κ2) is 6.15. The van der Waals surface area contributed by atoms with E-state index in [-0.39, 0.29) is 0 Å². The molecule has 140 valence electrons. The molecule has 5 aromatic heterocycles. The fraction of sp³-hybridized carbons (Fsp3) is 0.0455. The Balaban J connectivity index is 1.53. The summed E-state index contributed by atoms with van der Waals surface area (Å²) >= 11 is 1.69. The van der Waals surface area contributed by atoms with Crippen LogP contribution in [0.15, 0.2) is 65.9 Å². The zero-order chi connectivity index (χ0) is 19.4. The number of fused-ring (bicyclic) bond motifs is 2. The number of rotatable bonds is 3. The van der Waals surface area contributed by atoms with Gasteiger partial charge in [0.05, 0.1) is 29.1 Å². The molecule has 0 saturated carbocycles. The SMILES string of the molecule is Cn1cc(-c2ccc3[nH]nc(-c4cc5c(-c6ccsc6)cncc5[nH]4)c3c2)cn1. The highest BCUT2D eigenvalue weighted by molar-refractivity contribution is 7.08. The summed E-state index contributed by atoms with van der Waals surface area (Å²) in [5.74, 6) is 0. The molecular weight excluding hydrogens is 380 g/mol. The second-order valence-corrected chi connectivity index (χ2v) is 7.86. The molecular formula is C22H16N6S. The van der Waals surface area contributed by atoms with Crippen molar-refractivity contribution in [2.24, 2.45) is 7.05 Å². The lowest BCUT2D eigenvalue weighted by atomic mass is 10.0. The Morgan fingerprint density at radius 2 is 1.90 bits per heavy atom. The van der Waals surface area contributed by atoms with E-state index in [1.54, 1.807) is 11.3 Å². The molecule has 6 nitrogen and oxygen atoms in total. The molecule has 7 heteroatoms. The van der Waals surface area contributed by atoms with E-state index in [1.165, 1.54) is 5.56 Å². The van der Waals surface area contributed by atoms with Gasteiger partial charge in [0.2, 0.25) is 0 Å². The number of hydrogen-bond donors (Lipinski definition) is 2. The standard InChI is InChI=1S/C22H16N6S/c1-28-11-15(8-24-28)13-2-3-19-17(6-13)22(27-26-19)20-7-16-18(14-4-5-29-12-14)9-23-10-21(16)25-20/h2-12,25H,1H3,(H,26,27). The molecule has 0 saturated heterocycles. The van der Waals surface area contributed by atoms with Crippen molar-refractivity contribution in [1.29, 1.82) is 0 Å². The molecule has 0 aliphatic carbocycles. The van der Waals surface area contributed by atoms with Gasteiger partial charge in [0, 0.05) is 41.3 Å². The highest BCUT2D eigenvalue weighted by Crippen LogP contribution is 2.35. The lowest BCUT2D eigenvalue weighted by Gasteiger charge is -1.99. The molecule has 0 bridgehead atoms. The van der Waals surface area contributed by atoms with E-state index in [0.29, 0.717) is 0 Å². The maximum absolute atomic E-state index is 4.60. The molecule has 0 radical (unpaired) electrons. The molecule has 0 aliphatic rings. The van der Waals surface area contributed by atoms with Gasteiger partial charge in [-0.1, -0.05) is 6.07 Å². The number of aryl methyl sites for hydroxylation is 1. The first kappa shape index (κ1) is 16.3. The minimum absolute atomic E-state index is 0.901. The topological polar surface area (TPSA) is 75.2 Å². The number of H-pyrrole nitrogens is 2. The Bertz CT molecular complexity index is 1470. The summed E-state index contributed by atoms with van der Waals surface area (Å²) in [6.45, 7) is 0. The fourth-order valence-electron chi connectivity index (χ4n) is 3.80. The van der Waals surface area contributed by atoms with E-state index in [2.05, 4.69) is 66.4 Å². The molecule has 0 fully saturated rings. The quantitative estimate of drug-likeness (QED) is 0.430. The van der Waals surface area contributed by atoms with Crippen molar-refractivity contribution in [3.8, 4) is 33.6 Å². The van der Waals surface area contributed by atoms with Gasteiger partial charge in [0.15, 0.2) is 0 Å². The van der Waals surface area contributed by atoms with Crippen LogP contribution >= 0.6 is 11.3 Å². The predicted octanol–water partition coefficient (Wildman–Crippen LogP) is 5.24. The number of thiophene rings is 1. The van der Waals surface area contributed by atoms with Crippen molar-refractivity contribution in [3.63, 3.8) is 0 Å². The minimum Gasteiger partial charge on any atom is -0.352 e. The van der Waals surface area contributed by atoms with Crippen LogP contribution in [0.1, 0.15) is 0 Å². The first-order valence-corrected chi connectivity index (χ1v) is 10.2. The monoisotopic (exact) mass is 396 g/mol. The second-order valence-electron chi connectivity index (χ2n) is 7.08. The van der Waals surface area contributed by atoms with E-state index in [4.69, 9.17) is 0 Å². The van der Waals surface area contributed by atoms with Crippen molar-refractivity contribution in [3.05, 3.63) is 65.9 Å².